The van der Waals surface area contributed by atoms with Gasteiger partial charge in [-0.3, -0.25) is 9.36 Å². The van der Waals surface area contributed by atoms with E-state index in [-0.39, 0.29) is 5.91 Å². The predicted octanol–water partition coefficient (Wildman–Crippen LogP) is 2.70. The second kappa shape index (κ2) is 7.48. The number of imidazole rings is 1. The van der Waals surface area contributed by atoms with Crippen molar-refractivity contribution in [3.05, 3.63) is 64.9 Å². The number of halogens is 1. The maximum atomic E-state index is 12.7. The minimum atomic E-state index is 0.0696. The van der Waals surface area contributed by atoms with E-state index >= 15 is 0 Å². The van der Waals surface area contributed by atoms with Gasteiger partial charge in [0.1, 0.15) is 23.8 Å². The predicted molar refractivity (Wildman–Crippen MR) is 106 cm³/mol. The van der Waals surface area contributed by atoms with Crippen molar-refractivity contribution in [1.29, 1.82) is 0 Å². The van der Waals surface area contributed by atoms with E-state index in [1.165, 1.54) is 0 Å². The third kappa shape index (κ3) is 3.85. The Kier molecular flexibility index (Phi) is 4.89. The molecular weight excluding hydrogens is 408 g/mol. The first-order valence-corrected chi connectivity index (χ1v) is 9.53. The summed E-state index contributed by atoms with van der Waals surface area (Å²) in [6.45, 7) is 4.69. The molecule has 1 fully saturated rings. The van der Waals surface area contributed by atoms with E-state index in [2.05, 4.69) is 35.8 Å². The third-order valence-electron chi connectivity index (χ3n) is 4.56. The molecule has 0 radical (unpaired) electrons. The summed E-state index contributed by atoms with van der Waals surface area (Å²) in [7, 11) is 0. The summed E-state index contributed by atoms with van der Waals surface area (Å²) in [5.74, 6) is 2.45. The normalized spacial score (nSPS) is 14.4. The Morgan fingerprint density at radius 1 is 1.04 bits per heavy atom. The Hall–Kier alpha value is -2.74. The number of nitrogens with zero attached hydrogens (tertiary/aromatic N) is 6. The maximum absolute atomic E-state index is 12.7. The molecule has 2 aromatic heterocycles. The Morgan fingerprint density at radius 2 is 1.74 bits per heavy atom. The van der Waals surface area contributed by atoms with Gasteiger partial charge >= 0.3 is 0 Å². The smallest absolute Gasteiger partial charge is 0.253 e. The summed E-state index contributed by atoms with van der Waals surface area (Å²) < 4.78 is 2.84. The van der Waals surface area contributed by atoms with Gasteiger partial charge in [-0.1, -0.05) is 15.9 Å². The summed E-state index contributed by atoms with van der Waals surface area (Å²) in [4.78, 5) is 29.9. The number of rotatable bonds is 3. The average Bonchev–Trinajstić information content (AvgIpc) is 3.23. The largest absolute Gasteiger partial charge is 0.353 e. The van der Waals surface area contributed by atoms with Crippen LogP contribution in [0.15, 0.2) is 53.5 Å². The zero-order chi connectivity index (χ0) is 18.8. The third-order valence-corrected chi connectivity index (χ3v) is 5.09. The van der Waals surface area contributed by atoms with Gasteiger partial charge in [-0.15, -0.1) is 0 Å². The second-order valence-corrected chi connectivity index (χ2v) is 7.30. The number of carbonyl (C=O) groups is 1. The molecule has 0 saturated carbocycles. The van der Waals surface area contributed by atoms with Crippen molar-refractivity contribution >= 4 is 27.7 Å². The first-order chi connectivity index (χ1) is 13.1. The van der Waals surface area contributed by atoms with Crippen LogP contribution in [-0.2, 0) is 0 Å². The number of aryl methyl sites for hydroxylation is 1. The van der Waals surface area contributed by atoms with E-state index in [1.807, 2.05) is 52.9 Å². The van der Waals surface area contributed by atoms with E-state index in [9.17, 15) is 4.79 Å². The van der Waals surface area contributed by atoms with Gasteiger partial charge in [-0.05, 0) is 31.2 Å². The van der Waals surface area contributed by atoms with Crippen LogP contribution in [0, 0.1) is 6.92 Å². The molecule has 27 heavy (non-hydrogen) atoms. The van der Waals surface area contributed by atoms with Crippen LogP contribution < -0.4 is 4.90 Å². The molecule has 0 spiro atoms. The lowest BCUT2D eigenvalue weighted by molar-refractivity contribution is 0.0746. The van der Waals surface area contributed by atoms with Gasteiger partial charge in [0, 0.05) is 54.7 Å². The van der Waals surface area contributed by atoms with Crippen molar-refractivity contribution in [2.24, 2.45) is 0 Å². The van der Waals surface area contributed by atoms with Crippen molar-refractivity contribution in [1.82, 2.24) is 24.4 Å². The lowest BCUT2D eigenvalue weighted by atomic mass is 10.2. The molecule has 1 aromatic carbocycles. The van der Waals surface area contributed by atoms with Crippen LogP contribution in [0.25, 0.3) is 5.82 Å². The van der Waals surface area contributed by atoms with E-state index in [0.717, 1.165) is 29.2 Å². The molecule has 0 unspecified atom stereocenters. The second-order valence-electron chi connectivity index (χ2n) is 6.39. The van der Waals surface area contributed by atoms with Gasteiger partial charge in [-0.25, -0.2) is 15.0 Å². The molecular formula is C19H19BrN6O. The fraction of sp³-hybridized carbons (Fsp3) is 0.263. The molecule has 1 aliphatic rings. The monoisotopic (exact) mass is 426 g/mol. The molecule has 0 aliphatic carbocycles. The molecule has 7 nitrogen and oxygen atoms in total. The van der Waals surface area contributed by atoms with Crippen molar-refractivity contribution in [2.45, 2.75) is 6.92 Å². The SMILES string of the molecule is Cc1nc(N2CCN(C(=O)c3ccc(Br)cc3)CC2)cc(-n2ccnc2)n1. The molecule has 1 amide bonds. The summed E-state index contributed by atoms with van der Waals surface area (Å²) >= 11 is 3.40. The molecule has 1 saturated heterocycles. The minimum Gasteiger partial charge on any atom is -0.353 e. The molecule has 3 aromatic rings. The quantitative estimate of drug-likeness (QED) is 0.643. The highest BCUT2D eigenvalue weighted by atomic mass is 79.9. The molecule has 8 heteroatoms. The highest BCUT2D eigenvalue weighted by Gasteiger charge is 2.23. The van der Waals surface area contributed by atoms with Crippen molar-refractivity contribution in [3.63, 3.8) is 0 Å². The van der Waals surface area contributed by atoms with Gasteiger partial charge in [-0.2, -0.15) is 0 Å². The van der Waals surface area contributed by atoms with Gasteiger partial charge < -0.3 is 9.80 Å². The van der Waals surface area contributed by atoms with Gasteiger partial charge in [0.05, 0.1) is 0 Å². The number of hydrogen-bond donors (Lipinski definition) is 0. The molecule has 138 valence electrons. The number of aromatic nitrogens is 4. The number of benzene rings is 1. The highest BCUT2D eigenvalue weighted by Crippen LogP contribution is 2.19. The Morgan fingerprint density at radius 3 is 2.41 bits per heavy atom. The van der Waals surface area contributed by atoms with Crippen LogP contribution in [-0.4, -0.2) is 56.5 Å². The van der Waals surface area contributed by atoms with E-state index in [1.54, 1.807) is 12.5 Å². The number of anilines is 1. The Bertz CT molecular complexity index is 933. The zero-order valence-corrected chi connectivity index (χ0v) is 16.5. The van der Waals surface area contributed by atoms with Crippen molar-refractivity contribution < 1.29 is 4.79 Å². The molecule has 1 aliphatic heterocycles. The number of piperazine rings is 1. The Balaban J connectivity index is 1.46. The van der Waals surface area contributed by atoms with Crippen LogP contribution in [0.1, 0.15) is 16.2 Å². The first-order valence-electron chi connectivity index (χ1n) is 8.74. The van der Waals surface area contributed by atoms with E-state index in [0.29, 0.717) is 24.5 Å². The fourth-order valence-corrected chi connectivity index (χ4v) is 3.40. The lowest BCUT2D eigenvalue weighted by Crippen LogP contribution is -2.49. The topological polar surface area (TPSA) is 67.2 Å². The molecule has 4 rings (SSSR count). The summed E-state index contributed by atoms with van der Waals surface area (Å²) in [6.07, 6.45) is 5.31. The van der Waals surface area contributed by atoms with Crippen LogP contribution >= 0.6 is 15.9 Å². The van der Waals surface area contributed by atoms with Crippen molar-refractivity contribution in [2.75, 3.05) is 31.1 Å². The van der Waals surface area contributed by atoms with Crippen LogP contribution in [0.4, 0.5) is 5.82 Å². The molecule has 0 bridgehead atoms. The molecule has 0 atom stereocenters. The van der Waals surface area contributed by atoms with Gasteiger partial charge in [0.2, 0.25) is 0 Å². The number of carbonyl (C=O) groups excluding carboxylic acids is 1. The van der Waals surface area contributed by atoms with Crippen molar-refractivity contribution in [3.8, 4) is 5.82 Å². The summed E-state index contributed by atoms with van der Waals surface area (Å²) in [6, 6.07) is 9.45. The first kappa shape index (κ1) is 17.7. The van der Waals surface area contributed by atoms with Crippen LogP contribution in [0.2, 0.25) is 0 Å². The van der Waals surface area contributed by atoms with Gasteiger partial charge in [0.15, 0.2) is 0 Å². The highest BCUT2D eigenvalue weighted by molar-refractivity contribution is 9.10. The maximum Gasteiger partial charge on any atom is 0.253 e. The van der Waals surface area contributed by atoms with Gasteiger partial charge in [0.25, 0.3) is 5.91 Å². The molecule has 0 N–H and O–H groups in total. The number of hydrogen-bond acceptors (Lipinski definition) is 5. The standard InChI is InChI=1S/C19H19BrN6O/c1-14-22-17(12-18(23-14)26-7-6-21-13-26)24-8-10-25(11-9-24)19(27)15-2-4-16(20)5-3-15/h2-7,12-13H,8-11H2,1H3. The Labute approximate surface area is 165 Å². The lowest BCUT2D eigenvalue weighted by Gasteiger charge is -2.35. The molecule has 3 heterocycles. The minimum absolute atomic E-state index is 0.0696. The summed E-state index contributed by atoms with van der Waals surface area (Å²) in [5.41, 5.74) is 0.715. The summed E-state index contributed by atoms with van der Waals surface area (Å²) in [5, 5.41) is 0. The van der Waals surface area contributed by atoms with Crippen LogP contribution in [0.5, 0.6) is 0 Å². The van der Waals surface area contributed by atoms with E-state index in [4.69, 9.17) is 0 Å². The number of amides is 1. The zero-order valence-electron chi connectivity index (χ0n) is 14.9. The average molecular weight is 427 g/mol. The fourth-order valence-electron chi connectivity index (χ4n) is 3.14. The van der Waals surface area contributed by atoms with E-state index < -0.39 is 0 Å². The van der Waals surface area contributed by atoms with Crippen LogP contribution in [0.3, 0.4) is 0 Å².